The zero-order valence-corrected chi connectivity index (χ0v) is 14.3. The first kappa shape index (κ1) is 15.4. The van der Waals surface area contributed by atoms with Crippen LogP contribution in [0.3, 0.4) is 0 Å². The number of carbonyl (C=O) groups excluding carboxylic acids is 1. The van der Waals surface area contributed by atoms with Gasteiger partial charge in [-0.25, -0.2) is 0 Å². The van der Waals surface area contributed by atoms with Crippen molar-refractivity contribution in [3.8, 4) is 5.75 Å². The molecule has 1 heterocycles. The Labute approximate surface area is 125 Å². The van der Waals surface area contributed by atoms with Crippen LogP contribution in [0.25, 0.3) is 0 Å². The minimum atomic E-state index is -1.06. The molecule has 1 aromatic carbocycles. The van der Waals surface area contributed by atoms with Crippen molar-refractivity contribution < 1.29 is 9.53 Å². The summed E-state index contributed by atoms with van der Waals surface area (Å²) < 4.78 is 5.30. The first-order chi connectivity index (χ1) is 9.56. The summed E-state index contributed by atoms with van der Waals surface area (Å²) in [5.74, 6) is 0.753. The number of methoxy groups -OCH3 is 1. The van der Waals surface area contributed by atoms with E-state index in [9.17, 15) is 4.79 Å². The van der Waals surface area contributed by atoms with Crippen molar-refractivity contribution in [2.45, 2.75) is 29.1 Å². The molecule has 0 spiro atoms. The number of rotatable bonds is 4. The van der Waals surface area contributed by atoms with Gasteiger partial charge in [0.25, 0.3) is 0 Å². The van der Waals surface area contributed by atoms with Crippen LogP contribution < -0.4 is 10.5 Å². The number of hydrogen-bond donors (Lipinski definition) is 1. The second-order valence-electron chi connectivity index (χ2n) is 5.41. The summed E-state index contributed by atoms with van der Waals surface area (Å²) in [7, 11) is 1.65. The number of benzene rings is 1. The van der Waals surface area contributed by atoms with E-state index in [0.29, 0.717) is 5.69 Å². The molecule has 4 nitrogen and oxygen atoms in total. The third-order valence-corrected chi connectivity index (χ3v) is 7.07. The van der Waals surface area contributed by atoms with Gasteiger partial charge >= 0.3 is 125 Å². The maximum absolute atomic E-state index is 11.3. The van der Waals surface area contributed by atoms with Crippen molar-refractivity contribution in [2.75, 3.05) is 25.9 Å². The number of hydrogen-bond acceptors (Lipinski definition) is 4. The van der Waals surface area contributed by atoms with E-state index in [0.717, 1.165) is 38.0 Å². The van der Waals surface area contributed by atoms with Crippen LogP contribution in [0.1, 0.15) is 11.1 Å². The zero-order valence-electron chi connectivity index (χ0n) is 12.4. The molecule has 0 saturated heterocycles. The topological polar surface area (TPSA) is 55.6 Å². The number of nitrogens with two attached hydrogens (primary N) is 1. The van der Waals surface area contributed by atoms with Gasteiger partial charge in [-0.1, -0.05) is 0 Å². The molecule has 0 bridgehead atoms. The number of fused-ring (bicyclic) bond motifs is 1. The zero-order chi connectivity index (χ0) is 14.7. The van der Waals surface area contributed by atoms with Crippen molar-refractivity contribution in [3.05, 3.63) is 23.3 Å². The van der Waals surface area contributed by atoms with E-state index >= 15 is 0 Å². The fraction of sp³-hybridized carbons (Fsp3) is 0.533. The van der Waals surface area contributed by atoms with Crippen molar-refractivity contribution in [3.63, 3.8) is 0 Å². The Morgan fingerprint density at radius 2 is 1.90 bits per heavy atom. The molecule has 0 saturated carbocycles. The number of nitrogens with zero attached hydrogens (tertiary/aromatic N) is 1. The Bertz CT molecular complexity index is 491. The summed E-state index contributed by atoms with van der Waals surface area (Å²) in [6, 6.07) is 4.08. The Morgan fingerprint density at radius 1 is 1.30 bits per heavy atom. The predicted octanol–water partition coefficient (Wildman–Crippen LogP) is 1.54. The minimum absolute atomic E-state index is 0.149. The van der Waals surface area contributed by atoms with Crippen LogP contribution in [0, 0.1) is 0 Å². The maximum atomic E-state index is 11.3. The fourth-order valence-corrected chi connectivity index (χ4v) is 5.13. The summed E-state index contributed by atoms with van der Waals surface area (Å²) in [6.07, 6.45) is 3.06. The summed E-state index contributed by atoms with van der Waals surface area (Å²) in [5, 5.41) is 0. The molecule has 0 fully saturated rings. The average molecular weight is 338 g/mol. The van der Waals surface area contributed by atoms with Crippen molar-refractivity contribution >= 4 is 26.6 Å². The average Bonchev–Trinajstić information content (AvgIpc) is 2.61. The molecule has 1 unspecified atom stereocenters. The number of anilines is 1. The van der Waals surface area contributed by atoms with Gasteiger partial charge in [0.1, 0.15) is 0 Å². The third kappa shape index (κ3) is 3.18. The molecule has 0 amide bonds. The molecule has 2 rings (SSSR count). The molecule has 0 aliphatic carbocycles. The second kappa shape index (κ2) is 6.64. The quantitative estimate of drug-likeness (QED) is 0.514. The molecule has 0 aromatic heterocycles. The SMILES string of the molecule is COc1cc2c(cc1N)CCN(C(C=O)[As](C)C)CC2. The predicted molar refractivity (Wildman–Crippen MR) is 83.7 cm³/mol. The van der Waals surface area contributed by atoms with Crippen LogP contribution in [0.15, 0.2) is 12.1 Å². The first-order valence-corrected chi connectivity index (χ1v) is 11.7. The van der Waals surface area contributed by atoms with Crippen LogP contribution in [-0.4, -0.2) is 50.9 Å². The van der Waals surface area contributed by atoms with Crippen LogP contribution in [0.2, 0.25) is 11.4 Å². The van der Waals surface area contributed by atoms with E-state index in [1.807, 2.05) is 6.07 Å². The third-order valence-electron chi connectivity index (χ3n) is 3.91. The summed E-state index contributed by atoms with van der Waals surface area (Å²) >= 11 is -1.06. The first-order valence-electron chi connectivity index (χ1n) is 6.88. The number of aldehydes is 1. The molecule has 1 aromatic rings. The molecular formula is C15H23AsN2O2. The van der Waals surface area contributed by atoms with Gasteiger partial charge in [0.15, 0.2) is 0 Å². The van der Waals surface area contributed by atoms with Crippen LogP contribution >= 0.6 is 0 Å². The summed E-state index contributed by atoms with van der Waals surface area (Å²) in [4.78, 5) is 13.8. The van der Waals surface area contributed by atoms with Gasteiger partial charge in [-0.15, -0.1) is 0 Å². The van der Waals surface area contributed by atoms with Gasteiger partial charge in [0, 0.05) is 0 Å². The van der Waals surface area contributed by atoms with E-state index in [1.54, 1.807) is 7.11 Å². The van der Waals surface area contributed by atoms with Gasteiger partial charge in [0.05, 0.1) is 0 Å². The van der Waals surface area contributed by atoms with E-state index in [-0.39, 0.29) is 4.83 Å². The molecule has 5 heteroatoms. The monoisotopic (exact) mass is 338 g/mol. The molecule has 0 radical (unpaired) electrons. The molecule has 2 N–H and O–H groups in total. The Morgan fingerprint density at radius 3 is 2.40 bits per heavy atom. The van der Waals surface area contributed by atoms with Crippen LogP contribution in [-0.2, 0) is 17.6 Å². The van der Waals surface area contributed by atoms with Crippen LogP contribution in [0.4, 0.5) is 5.69 Å². The van der Waals surface area contributed by atoms with Gasteiger partial charge < -0.3 is 0 Å². The van der Waals surface area contributed by atoms with E-state index in [4.69, 9.17) is 10.5 Å². The van der Waals surface area contributed by atoms with Crippen molar-refractivity contribution in [2.24, 2.45) is 0 Å². The number of carbonyl (C=O) groups is 1. The van der Waals surface area contributed by atoms with E-state index < -0.39 is 14.7 Å². The van der Waals surface area contributed by atoms with Crippen LogP contribution in [0.5, 0.6) is 5.75 Å². The molecule has 110 valence electrons. The molecular weight excluding hydrogens is 315 g/mol. The molecule has 1 atom stereocenters. The molecule has 20 heavy (non-hydrogen) atoms. The van der Waals surface area contributed by atoms with Crippen molar-refractivity contribution in [1.82, 2.24) is 4.90 Å². The number of nitrogen functional groups attached to an aromatic ring is 1. The van der Waals surface area contributed by atoms with E-state index in [2.05, 4.69) is 22.4 Å². The standard InChI is InChI=1S/C15H23AsN2O2/c1-16(2)15(10-19)18-6-4-11-8-13(17)14(20-3)9-12(11)5-7-18/h8-10,15H,4-7,17H2,1-3H3. The fourth-order valence-electron chi connectivity index (χ4n) is 2.77. The summed E-state index contributed by atoms with van der Waals surface area (Å²) in [6.45, 7) is 1.88. The molecule has 1 aliphatic heterocycles. The molecule has 1 aliphatic rings. The van der Waals surface area contributed by atoms with Gasteiger partial charge in [0.2, 0.25) is 0 Å². The van der Waals surface area contributed by atoms with E-state index in [1.165, 1.54) is 11.1 Å². The Hall–Kier alpha value is -0.992. The van der Waals surface area contributed by atoms with Crippen molar-refractivity contribution in [1.29, 1.82) is 0 Å². The van der Waals surface area contributed by atoms with Gasteiger partial charge in [-0.2, -0.15) is 0 Å². The van der Waals surface area contributed by atoms with Gasteiger partial charge in [-0.05, 0) is 0 Å². The Kier molecular flexibility index (Phi) is 5.11. The number of ether oxygens (including phenoxy) is 1. The Balaban J connectivity index is 2.20. The summed E-state index contributed by atoms with van der Waals surface area (Å²) in [5.41, 5.74) is 13.8. The van der Waals surface area contributed by atoms with Gasteiger partial charge in [-0.3, -0.25) is 0 Å². The second-order valence-corrected chi connectivity index (χ2v) is 10.6. The normalized spacial score (nSPS) is 17.4.